The summed E-state index contributed by atoms with van der Waals surface area (Å²) in [6.07, 6.45) is 2.37. The molecule has 0 spiro atoms. The molecule has 0 aliphatic rings. The molecular weight excluding hydrogens is 280 g/mol. The Morgan fingerprint density at radius 3 is 2.47 bits per heavy atom. The van der Waals surface area contributed by atoms with Gasteiger partial charge in [0.1, 0.15) is 10.6 Å². The molecule has 0 radical (unpaired) electrons. The van der Waals surface area contributed by atoms with Gasteiger partial charge in [-0.1, -0.05) is 0 Å². The molecule has 1 aromatic heterocycles. The first-order valence-corrected chi connectivity index (χ1v) is 6.52. The smallest absolute Gasteiger partial charge is 0.387 e. The Morgan fingerprint density at radius 1 is 1.26 bits per heavy atom. The number of rotatable bonds is 5. The first-order valence-electron chi connectivity index (χ1n) is 5.04. The van der Waals surface area contributed by atoms with Gasteiger partial charge in [0.2, 0.25) is 0 Å². The molecule has 0 atom stereocenters. The van der Waals surface area contributed by atoms with Gasteiger partial charge in [0.15, 0.2) is 0 Å². The molecule has 19 heavy (non-hydrogen) atoms. The van der Waals surface area contributed by atoms with Gasteiger partial charge >= 0.3 is 6.61 Å². The number of hydrogen-bond acceptors (Lipinski definition) is 4. The Hall–Kier alpha value is -2.16. The van der Waals surface area contributed by atoms with E-state index in [0.29, 0.717) is 0 Å². The van der Waals surface area contributed by atoms with Crippen molar-refractivity contribution in [3.05, 3.63) is 36.7 Å². The van der Waals surface area contributed by atoms with E-state index in [4.69, 9.17) is 0 Å². The third-order valence-electron chi connectivity index (χ3n) is 2.12. The number of nitrogens with one attached hydrogen (secondary N) is 2. The van der Waals surface area contributed by atoms with Gasteiger partial charge < -0.3 is 4.74 Å². The summed E-state index contributed by atoms with van der Waals surface area (Å²) in [4.78, 5) is -0.0274. The predicted molar refractivity (Wildman–Crippen MR) is 62.5 cm³/mol. The molecule has 2 aromatic rings. The lowest BCUT2D eigenvalue weighted by molar-refractivity contribution is -0.0498. The van der Waals surface area contributed by atoms with Gasteiger partial charge in [-0.15, -0.1) is 0 Å². The minimum atomic E-state index is -3.74. The third kappa shape index (κ3) is 3.41. The largest absolute Gasteiger partial charge is 0.435 e. The summed E-state index contributed by atoms with van der Waals surface area (Å²) in [6, 6.07) is 5.10. The highest BCUT2D eigenvalue weighted by molar-refractivity contribution is 7.92. The first-order chi connectivity index (χ1) is 8.97. The van der Waals surface area contributed by atoms with Gasteiger partial charge in [0.25, 0.3) is 10.0 Å². The Labute approximate surface area is 107 Å². The van der Waals surface area contributed by atoms with E-state index < -0.39 is 16.6 Å². The molecule has 6 nitrogen and oxygen atoms in total. The second kappa shape index (κ2) is 5.22. The quantitative estimate of drug-likeness (QED) is 0.879. The lowest BCUT2D eigenvalue weighted by Gasteiger charge is -2.08. The minimum Gasteiger partial charge on any atom is -0.435 e. The molecule has 0 fully saturated rings. The maximum atomic E-state index is 11.9. The van der Waals surface area contributed by atoms with Crippen LogP contribution in [0.4, 0.5) is 14.5 Å². The van der Waals surface area contributed by atoms with Crippen molar-refractivity contribution in [1.82, 2.24) is 10.2 Å². The van der Waals surface area contributed by atoms with E-state index >= 15 is 0 Å². The zero-order valence-electron chi connectivity index (χ0n) is 9.38. The van der Waals surface area contributed by atoms with Crippen LogP contribution in [-0.4, -0.2) is 25.2 Å². The van der Waals surface area contributed by atoms with Crippen LogP contribution in [0.1, 0.15) is 0 Å². The molecule has 2 rings (SSSR count). The Bertz CT molecular complexity index is 627. The van der Waals surface area contributed by atoms with Crippen LogP contribution in [0.5, 0.6) is 5.75 Å². The van der Waals surface area contributed by atoms with Crippen LogP contribution in [-0.2, 0) is 10.0 Å². The summed E-state index contributed by atoms with van der Waals surface area (Å²) < 4.78 is 53.9. The lowest BCUT2D eigenvalue weighted by Crippen LogP contribution is -2.12. The normalized spacial score (nSPS) is 11.5. The van der Waals surface area contributed by atoms with Gasteiger partial charge in [0.05, 0.1) is 6.20 Å². The van der Waals surface area contributed by atoms with Crippen LogP contribution in [0.3, 0.4) is 0 Å². The van der Waals surface area contributed by atoms with Crippen LogP contribution in [0.2, 0.25) is 0 Å². The zero-order chi connectivity index (χ0) is 13.9. The van der Waals surface area contributed by atoms with E-state index in [2.05, 4.69) is 19.7 Å². The van der Waals surface area contributed by atoms with Crippen LogP contribution < -0.4 is 9.46 Å². The number of anilines is 1. The molecule has 0 bridgehead atoms. The Kier molecular flexibility index (Phi) is 3.65. The monoisotopic (exact) mass is 289 g/mol. The van der Waals surface area contributed by atoms with Crippen LogP contribution >= 0.6 is 0 Å². The molecule has 1 aromatic carbocycles. The summed E-state index contributed by atoms with van der Waals surface area (Å²) in [7, 11) is -3.74. The average Bonchev–Trinajstić information content (AvgIpc) is 2.85. The van der Waals surface area contributed by atoms with E-state index in [9.17, 15) is 17.2 Å². The molecule has 102 valence electrons. The van der Waals surface area contributed by atoms with E-state index in [0.717, 1.165) is 6.20 Å². The van der Waals surface area contributed by atoms with Crippen LogP contribution in [0.15, 0.2) is 41.6 Å². The van der Waals surface area contributed by atoms with Gasteiger partial charge in [-0.05, 0) is 24.3 Å². The van der Waals surface area contributed by atoms with E-state index in [-0.39, 0.29) is 16.3 Å². The maximum Gasteiger partial charge on any atom is 0.387 e. The number of nitrogens with zero attached hydrogens (tertiary/aromatic N) is 1. The summed E-state index contributed by atoms with van der Waals surface area (Å²) >= 11 is 0. The molecule has 0 saturated heterocycles. The number of aromatic nitrogens is 2. The molecule has 0 aliphatic carbocycles. The van der Waals surface area contributed by atoms with Gasteiger partial charge in [-0.25, -0.2) is 8.42 Å². The highest BCUT2D eigenvalue weighted by Crippen LogP contribution is 2.20. The topological polar surface area (TPSA) is 84.1 Å². The number of H-pyrrole nitrogens is 1. The molecule has 0 saturated carbocycles. The van der Waals surface area contributed by atoms with E-state index in [1.165, 1.54) is 30.5 Å². The molecule has 1 heterocycles. The second-order valence-corrected chi connectivity index (χ2v) is 5.12. The fourth-order valence-electron chi connectivity index (χ4n) is 1.30. The number of halogens is 2. The van der Waals surface area contributed by atoms with E-state index in [1.807, 2.05) is 0 Å². The first kappa shape index (κ1) is 13.3. The van der Waals surface area contributed by atoms with Crippen molar-refractivity contribution >= 4 is 15.7 Å². The van der Waals surface area contributed by atoms with Crippen LogP contribution in [0, 0.1) is 0 Å². The Morgan fingerprint density at radius 2 is 1.95 bits per heavy atom. The van der Waals surface area contributed by atoms with Gasteiger partial charge in [0, 0.05) is 11.9 Å². The van der Waals surface area contributed by atoms with Crippen molar-refractivity contribution in [2.75, 3.05) is 4.72 Å². The zero-order valence-corrected chi connectivity index (χ0v) is 10.2. The number of alkyl halides is 2. The third-order valence-corrected chi connectivity index (χ3v) is 3.46. The lowest BCUT2D eigenvalue weighted by atomic mass is 10.3. The second-order valence-electron chi connectivity index (χ2n) is 3.44. The van der Waals surface area contributed by atoms with Crippen LogP contribution in [0.25, 0.3) is 0 Å². The molecule has 2 N–H and O–H groups in total. The molecule has 0 aliphatic heterocycles. The molecule has 9 heteroatoms. The van der Waals surface area contributed by atoms with Gasteiger partial charge in [-0.2, -0.15) is 13.9 Å². The number of hydrogen-bond donors (Lipinski definition) is 2. The molecule has 0 amide bonds. The Balaban J connectivity index is 2.12. The molecular formula is C10H9F2N3O3S. The van der Waals surface area contributed by atoms with E-state index in [1.54, 1.807) is 0 Å². The standard InChI is InChI=1S/C10H9F2N3O3S/c11-10(12)18-8-3-1-7(2-4-8)15-19(16,17)9-5-13-14-6-9/h1-6,10,15H,(H,13,14). The van der Waals surface area contributed by atoms with Crippen molar-refractivity contribution < 1.29 is 21.9 Å². The number of ether oxygens (including phenoxy) is 1. The van der Waals surface area contributed by atoms with Crippen molar-refractivity contribution in [2.45, 2.75) is 11.5 Å². The fourth-order valence-corrected chi connectivity index (χ4v) is 2.27. The fraction of sp³-hybridized carbons (Fsp3) is 0.100. The van der Waals surface area contributed by atoms with Crippen molar-refractivity contribution in [1.29, 1.82) is 0 Å². The summed E-state index contributed by atoms with van der Waals surface area (Å²) in [5, 5.41) is 5.91. The van der Waals surface area contributed by atoms with Crippen molar-refractivity contribution in [3.8, 4) is 5.75 Å². The number of aromatic amines is 1. The maximum absolute atomic E-state index is 11.9. The minimum absolute atomic E-state index is 0.0274. The molecule has 0 unspecified atom stereocenters. The van der Waals surface area contributed by atoms with Crippen molar-refractivity contribution in [3.63, 3.8) is 0 Å². The summed E-state index contributed by atoms with van der Waals surface area (Å²) in [5.74, 6) is -0.0544. The van der Waals surface area contributed by atoms with Crippen molar-refractivity contribution in [2.24, 2.45) is 0 Å². The number of benzene rings is 1. The average molecular weight is 289 g/mol. The van der Waals surface area contributed by atoms with Gasteiger partial charge in [-0.3, -0.25) is 9.82 Å². The highest BCUT2D eigenvalue weighted by Gasteiger charge is 2.15. The number of sulfonamides is 1. The summed E-state index contributed by atoms with van der Waals surface area (Å²) in [6.45, 7) is -2.92. The predicted octanol–water partition coefficient (Wildman–Crippen LogP) is 1.81. The SMILES string of the molecule is O=S(=O)(Nc1ccc(OC(F)F)cc1)c1cn[nH]c1. The highest BCUT2D eigenvalue weighted by atomic mass is 32.2. The summed E-state index contributed by atoms with van der Waals surface area (Å²) in [5.41, 5.74) is 0.225.